The second kappa shape index (κ2) is 6.54. The lowest BCUT2D eigenvalue weighted by Crippen LogP contribution is -2.02. The number of carboxylic acid groups (broad SMARTS) is 1. The van der Waals surface area contributed by atoms with Crippen molar-refractivity contribution in [1.82, 2.24) is 0 Å². The molecule has 0 saturated heterocycles. The molecule has 4 nitrogen and oxygen atoms in total. The molecule has 0 amide bonds. The van der Waals surface area contributed by atoms with E-state index in [0.29, 0.717) is 5.56 Å². The summed E-state index contributed by atoms with van der Waals surface area (Å²) in [4.78, 5) is 21.9. The zero-order valence-corrected chi connectivity index (χ0v) is 9.85. The lowest BCUT2D eigenvalue weighted by Gasteiger charge is -2.03. The number of carbonyl (C=O) groups is 2. The number of carboxylic acids is 1. The van der Waals surface area contributed by atoms with Crippen molar-refractivity contribution < 1.29 is 23.8 Å². The summed E-state index contributed by atoms with van der Waals surface area (Å²) in [5.41, 5.74) is 0.438. The number of halogens is 1. The first-order valence-electron chi connectivity index (χ1n) is 5.31. The Morgan fingerprint density at radius 3 is 2.44 bits per heavy atom. The second-order valence-electron chi connectivity index (χ2n) is 3.54. The van der Waals surface area contributed by atoms with E-state index >= 15 is 0 Å². The molecule has 0 saturated carbocycles. The summed E-state index contributed by atoms with van der Waals surface area (Å²) in [5.74, 6) is -1.96. The van der Waals surface area contributed by atoms with Gasteiger partial charge in [-0.2, -0.15) is 0 Å². The Morgan fingerprint density at radius 1 is 1.33 bits per heavy atom. The summed E-state index contributed by atoms with van der Waals surface area (Å²) in [7, 11) is 1.27. The van der Waals surface area contributed by atoms with E-state index < -0.39 is 17.8 Å². The third-order valence-electron chi connectivity index (χ3n) is 2.31. The Balaban J connectivity index is 2.83. The maximum atomic E-state index is 12.7. The van der Waals surface area contributed by atoms with Crippen LogP contribution in [0, 0.1) is 5.82 Å². The van der Waals surface area contributed by atoms with E-state index in [4.69, 9.17) is 5.11 Å². The van der Waals surface area contributed by atoms with Crippen molar-refractivity contribution in [2.45, 2.75) is 12.8 Å². The van der Waals surface area contributed by atoms with Crippen LogP contribution in [-0.2, 0) is 14.3 Å². The summed E-state index contributed by atoms with van der Waals surface area (Å²) in [5, 5.41) is 9.04. The molecule has 96 valence electrons. The second-order valence-corrected chi connectivity index (χ2v) is 3.54. The summed E-state index contributed by atoms with van der Waals surface area (Å²) in [6.45, 7) is 0. The van der Waals surface area contributed by atoms with E-state index in [1.165, 1.54) is 37.5 Å². The fraction of sp³-hybridized carbons (Fsp3) is 0.231. The predicted molar refractivity (Wildman–Crippen MR) is 63.3 cm³/mol. The van der Waals surface area contributed by atoms with E-state index in [1.807, 2.05) is 0 Å². The Morgan fingerprint density at radius 2 is 1.94 bits per heavy atom. The normalized spacial score (nSPS) is 11.1. The minimum Gasteiger partial charge on any atom is -0.478 e. The number of aliphatic carboxylic acids is 1. The molecule has 0 unspecified atom stereocenters. The Hall–Kier alpha value is -2.17. The Labute approximate surface area is 104 Å². The van der Waals surface area contributed by atoms with Crippen molar-refractivity contribution in [3.63, 3.8) is 0 Å². The number of hydrogen-bond acceptors (Lipinski definition) is 3. The molecule has 0 aliphatic carbocycles. The van der Waals surface area contributed by atoms with E-state index in [1.54, 1.807) is 0 Å². The molecule has 0 fully saturated rings. The van der Waals surface area contributed by atoms with Crippen LogP contribution in [-0.4, -0.2) is 24.2 Å². The molecule has 1 aromatic rings. The van der Waals surface area contributed by atoms with Crippen LogP contribution in [0.4, 0.5) is 4.39 Å². The summed E-state index contributed by atoms with van der Waals surface area (Å²) in [6, 6.07) is 5.14. The lowest BCUT2D eigenvalue weighted by atomic mass is 10.0. The summed E-state index contributed by atoms with van der Waals surface area (Å²) in [6.07, 6.45) is 1.78. The number of esters is 1. The van der Waals surface area contributed by atoms with Gasteiger partial charge in [-0.3, -0.25) is 4.79 Å². The Kier molecular flexibility index (Phi) is 5.05. The minimum atomic E-state index is -1.12. The van der Waals surface area contributed by atoms with Crippen molar-refractivity contribution >= 4 is 17.5 Å². The van der Waals surface area contributed by atoms with Gasteiger partial charge in [-0.25, -0.2) is 9.18 Å². The highest BCUT2D eigenvalue weighted by atomic mass is 19.1. The molecule has 0 atom stereocenters. The third-order valence-corrected chi connectivity index (χ3v) is 2.31. The van der Waals surface area contributed by atoms with Crippen molar-refractivity contribution in [1.29, 1.82) is 0 Å². The molecule has 1 N–H and O–H groups in total. The van der Waals surface area contributed by atoms with Crippen LogP contribution in [0.1, 0.15) is 18.4 Å². The first-order valence-corrected chi connectivity index (χ1v) is 5.31. The van der Waals surface area contributed by atoms with Crippen LogP contribution in [0.2, 0.25) is 0 Å². The monoisotopic (exact) mass is 252 g/mol. The molecule has 0 aromatic heterocycles. The van der Waals surface area contributed by atoms with Gasteiger partial charge in [-0.15, -0.1) is 0 Å². The molecule has 0 aliphatic heterocycles. The predicted octanol–water partition coefficient (Wildman–Crippen LogP) is 2.25. The number of methoxy groups -OCH3 is 1. The third kappa shape index (κ3) is 4.01. The van der Waals surface area contributed by atoms with E-state index in [0.717, 1.165) is 0 Å². The molecule has 0 bridgehead atoms. The average molecular weight is 252 g/mol. The first kappa shape index (κ1) is 13.9. The van der Waals surface area contributed by atoms with Gasteiger partial charge >= 0.3 is 11.9 Å². The van der Waals surface area contributed by atoms with Gasteiger partial charge in [0.25, 0.3) is 0 Å². The Bertz CT molecular complexity index is 462. The number of allylic oxidation sites excluding steroid dienone is 1. The SMILES string of the molecule is COC(=O)CC/C=C(\C(=O)O)c1ccc(F)cc1. The van der Waals surface area contributed by atoms with Gasteiger partial charge in [-0.05, 0) is 24.1 Å². The van der Waals surface area contributed by atoms with Crippen LogP contribution in [0.15, 0.2) is 30.3 Å². The lowest BCUT2D eigenvalue weighted by molar-refractivity contribution is -0.140. The van der Waals surface area contributed by atoms with Crippen molar-refractivity contribution in [3.05, 3.63) is 41.7 Å². The van der Waals surface area contributed by atoms with Crippen molar-refractivity contribution in [2.24, 2.45) is 0 Å². The van der Waals surface area contributed by atoms with Gasteiger partial charge in [0, 0.05) is 6.42 Å². The maximum absolute atomic E-state index is 12.7. The first-order chi connectivity index (χ1) is 8.54. The fourth-order valence-corrected chi connectivity index (χ4v) is 1.39. The van der Waals surface area contributed by atoms with Gasteiger partial charge in [0.15, 0.2) is 0 Å². The number of rotatable bonds is 5. The summed E-state index contributed by atoms with van der Waals surface area (Å²) >= 11 is 0. The van der Waals surface area contributed by atoms with Crippen LogP contribution >= 0.6 is 0 Å². The van der Waals surface area contributed by atoms with Crippen LogP contribution < -0.4 is 0 Å². The van der Waals surface area contributed by atoms with Crippen LogP contribution in [0.5, 0.6) is 0 Å². The van der Waals surface area contributed by atoms with Crippen LogP contribution in [0.25, 0.3) is 5.57 Å². The fourth-order valence-electron chi connectivity index (χ4n) is 1.39. The molecule has 0 spiro atoms. The van der Waals surface area contributed by atoms with E-state index in [-0.39, 0.29) is 18.4 Å². The number of ether oxygens (including phenoxy) is 1. The van der Waals surface area contributed by atoms with Crippen molar-refractivity contribution in [2.75, 3.05) is 7.11 Å². The highest BCUT2D eigenvalue weighted by Gasteiger charge is 2.10. The average Bonchev–Trinajstić information content (AvgIpc) is 2.35. The maximum Gasteiger partial charge on any atom is 0.335 e. The molecule has 1 rings (SSSR count). The smallest absolute Gasteiger partial charge is 0.335 e. The van der Waals surface area contributed by atoms with Gasteiger partial charge in [0.2, 0.25) is 0 Å². The molecule has 1 aromatic carbocycles. The van der Waals surface area contributed by atoms with Crippen molar-refractivity contribution in [3.8, 4) is 0 Å². The van der Waals surface area contributed by atoms with E-state index in [2.05, 4.69) is 4.74 Å². The highest BCUT2D eigenvalue weighted by Crippen LogP contribution is 2.16. The molecule has 0 aliphatic rings. The zero-order chi connectivity index (χ0) is 13.5. The summed E-state index contributed by atoms with van der Waals surface area (Å²) < 4.78 is 17.2. The number of carbonyl (C=O) groups excluding carboxylic acids is 1. The quantitative estimate of drug-likeness (QED) is 0.644. The minimum absolute atomic E-state index is 0.0407. The standard InChI is InChI=1S/C13H13FO4/c1-18-12(15)4-2-3-11(13(16)17)9-5-7-10(14)8-6-9/h3,5-8H,2,4H2,1H3,(H,16,17)/b11-3-. The molecular weight excluding hydrogens is 239 g/mol. The molecule has 0 heterocycles. The van der Waals surface area contributed by atoms with Gasteiger partial charge < -0.3 is 9.84 Å². The van der Waals surface area contributed by atoms with E-state index in [9.17, 15) is 14.0 Å². The van der Waals surface area contributed by atoms with Crippen LogP contribution in [0.3, 0.4) is 0 Å². The number of benzene rings is 1. The highest BCUT2D eigenvalue weighted by molar-refractivity contribution is 6.15. The molecule has 5 heteroatoms. The zero-order valence-electron chi connectivity index (χ0n) is 9.85. The molecule has 0 radical (unpaired) electrons. The van der Waals surface area contributed by atoms with Gasteiger partial charge in [0.1, 0.15) is 5.82 Å². The number of hydrogen-bond donors (Lipinski definition) is 1. The largest absolute Gasteiger partial charge is 0.478 e. The van der Waals surface area contributed by atoms with Gasteiger partial charge in [-0.1, -0.05) is 18.2 Å². The van der Waals surface area contributed by atoms with Gasteiger partial charge in [0.05, 0.1) is 12.7 Å². The molecular formula is C13H13FO4. The molecule has 18 heavy (non-hydrogen) atoms. The topological polar surface area (TPSA) is 63.6 Å².